The SMILES string of the molecule is CN1CCC(Cc2nc(-c3ccon3)n(-c3ccc(F)cc3F)n2)CC1. The molecule has 1 aliphatic rings. The van der Waals surface area contributed by atoms with Crippen molar-refractivity contribution in [3.8, 4) is 17.2 Å². The van der Waals surface area contributed by atoms with Gasteiger partial charge in [-0.25, -0.2) is 18.4 Å². The zero-order chi connectivity index (χ0) is 18.1. The second-order valence-electron chi connectivity index (χ2n) is 6.69. The van der Waals surface area contributed by atoms with Crippen molar-refractivity contribution in [2.75, 3.05) is 20.1 Å². The molecule has 0 atom stereocenters. The molecule has 3 heterocycles. The fourth-order valence-corrected chi connectivity index (χ4v) is 3.28. The molecular formula is C18H19F2N5O. The predicted molar refractivity (Wildman–Crippen MR) is 90.7 cm³/mol. The Morgan fingerprint density at radius 2 is 2.00 bits per heavy atom. The van der Waals surface area contributed by atoms with Gasteiger partial charge < -0.3 is 9.42 Å². The normalized spacial score (nSPS) is 16.3. The second-order valence-corrected chi connectivity index (χ2v) is 6.69. The van der Waals surface area contributed by atoms with Gasteiger partial charge in [0, 0.05) is 18.6 Å². The average molecular weight is 359 g/mol. The molecule has 1 saturated heterocycles. The van der Waals surface area contributed by atoms with E-state index in [0.29, 0.717) is 29.7 Å². The first-order chi connectivity index (χ1) is 12.6. The van der Waals surface area contributed by atoms with Crippen LogP contribution < -0.4 is 0 Å². The number of likely N-dealkylation sites (tertiary alicyclic amines) is 1. The van der Waals surface area contributed by atoms with Gasteiger partial charge in [-0.2, -0.15) is 5.10 Å². The first-order valence-electron chi connectivity index (χ1n) is 8.61. The molecule has 1 aliphatic heterocycles. The van der Waals surface area contributed by atoms with E-state index in [9.17, 15) is 8.78 Å². The summed E-state index contributed by atoms with van der Waals surface area (Å²) in [7, 11) is 2.11. The predicted octanol–water partition coefficient (Wildman–Crippen LogP) is 3.08. The van der Waals surface area contributed by atoms with E-state index in [1.807, 2.05) is 0 Å². The maximum atomic E-state index is 14.3. The molecule has 3 aromatic rings. The molecule has 0 bridgehead atoms. The van der Waals surface area contributed by atoms with Gasteiger partial charge in [-0.15, -0.1) is 0 Å². The highest BCUT2D eigenvalue weighted by Gasteiger charge is 2.22. The molecule has 0 N–H and O–H groups in total. The number of hydrogen-bond acceptors (Lipinski definition) is 5. The Hall–Kier alpha value is -2.61. The minimum atomic E-state index is -0.703. The van der Waals surface area contributed by atoms with E-state index in [1.54, 1.807) is 6.07 Å². The first-order valence-corrected chi connectivity index (χ1v) is 8.61. The Kier molecular flexibility index (Phi) is 4.50. The van der Waals surface area contributed by atoms with Crippen LogP contribution >= 0.6 is 0 Å². The molecule has 0 amide bonds. The molecule has 0 aliphatic carbocycles. The minimum absolute atomic E-state index is 0.131. The average Bonchev–Trinajstić information content (AvgIpc) is 3.26. The standard InChI is InChI=1S/C18H19F2N5O/c1-24-7-4-12(5-8-24)10-17-21-18(15-6-9-26-23-15)25(22-17)16-3-2-13(19)11-14(16)20/h2-3,6,9,11-12H,4-5,7-8,10H2,1H3. The molecule has 0 spiro atoms. The smallest absolute Gasteiger partial charge is 0.185 e. The Balaban J connectivity index is 1.69. The highest BCUT2D eigenvalue weighted by molar-refractivity contribution is 5.52. The quantitative estimate of drug-likeness (QED) is 0.716. The molecule has 26 heavy (non-hydrogen) atoms. The number of aromatic nitrogens is 4. The Morgan fingerprint density at radius 3 is 2.69 bits per heavy atom. The van der Waals surface area contributed by atoms with Crippen LogP contribution in [0.4, 0.5) is 8.78 Å². The molecule has 0 unspecified atom stereocenters. The Morgan fingerprint density at radius 1 is 1.19 bits per heavy atom. The third-order valence-corrected chi connectivity index (χ3v) is 4.77. The molecule has 1 fully saturated rings. The van der Waals surface area contributed by atoms with E-state index in [2.05, 4.69) is 27.2 Å². The van der Waals surface area contributed by atoms with Crippen molar-refractivity contribution in [2.24, 2.45) is 5.92 Å². The summed E-state index contributed by atoms with van der Waals surface area (Å²) in [5, 5.41) is 8.38. The third kappa shape index (κ3) is 3.37. The van der Waals surface area contributed by atoms with Crippen LogP contribution in [0.1, 0.15) is 18.7 Å². The van der Waals surface area contributed by atoms with Gasteiger partial charge in [-0.05, 0) is 51.0 Å². The summed E-state index contributed by atoms with van der Waals surface area (Å²) in [4.78, 5) is 6.86. The lowest BCUT2D eigenvalue weighted by Gasteiger charge is -2.28. The Labute approximate surface area is 149 Å². The Bertz CT molecular complexity index is 885. The number of halogens is 2. The summed E-state index contributed by atoms with van der Waals surface area (Å²) in [6, 6.07) is 5.02. The molecular weight excluding hydrogens is 340 g/mol. The first kappa shape index (κ1) is 16.8. The van der Waals surface area contributed by atoms with Gasteiger partial charge >= 0.3 is 0 Å². The van der Waals surface area contributed by atoms with E-state index in [-0.39, 0.29) is 5.69 Å². The molecule has 1 aromatic carbocycles. The topological polar surface area (TPSA) is 60.0 Å². The number of benzene rings is 1. The van der Waals surface area contributed by atoms with Gasteiger partial charge in [-0.1, -0.05) is 5.16 Å². The van der Waals surface area contributed by atoms with Crippen molar-refractivity contribution in [1.82, 2.24) is 24.8 Å². The van der Waals surface area contributed by atoms with Crippen molar-refractivity contribution in [1.29, 1.82) is 0 Å². The third-order valence-electron chi connectivity index (χ3n) is 4.77. The zero-order valence-electron chi connectivity index (χ0n) is 14.4. The van der Waals surface area contributed by atoms with E-state index in [1.165, 1.54) is 23.1 Å². The van der Waals surface area contributed by atoms with Crippen LogP contribution in [0.5, 0.6) is 0 Å². The summed E-state index contributed by atoms with van der Waals surface area (Å²) in [5.74, 6) is 0.158. The lowest BCUT2D eigenvalue weighted by Crippen LogP contribution is -2.31. The molecule has 0 radical (unpaired) electrons. The van der Waals surface area contributed by atoms with Gasteiger partial charge in [0.15, 0.2) is 23.2 Å². The summed E-state index contributed by atoms with van der Waals surface area (Å²) >= 11 is 0. The fraction of sp³-hybridized carbons (Fsp3) is 0.389. The fourth-order valence-electron chi connectivity index (χ4n) is 3.28. The van der Waals surface area contributed by atoms with E-state index >= 15 is 0 Å². The van der Waals surface area contributed by atoms with Crippen molar-refractivity contribution in [3.63, 3.8) is 0 Å². The van der Waals surface area contributed by atoms with Gasteiger partial charge in [0.25, 0.3) is 0 Å². The molecule has 4 rings (SSSR count). The lowest BCUT2D eigenvalue weighted by atomic mass is 9.94. The zero-order valence-corrected chi connectivity index (χ0v) is 14.4. The lowest BCUT2D eigenvalue weighted by molar-refractivity contribution is 0.217. The maximum absolute atomic E-state index is 14.3. The molecule has 8 heteroatoms. The van der Waals surface area contributed by atoms with Crippen molar-refractivity contribution in [3.05, 3.63) is 48.0 Å². The molecule has 2 aromatic heterocycles. The van der Waals surface area contributed by atoms with Crippen molar-refractivity contribution >= 4 is 0 Å². The van der Waals surface area contributed by atoms with Crippen LogP contribution in [0.3, 0.4) is 0 Å². The number of nitrogens with zero attached hydrogens (tertiary/aromatic N) is 5. The number of piperidine rings is 1. The molecule has 0 saturated carbocycles. The summed E-state index contributed by atoms with van der Waals surface area (Å²) in [6.07, 6.45) is 4.30. The van der Waals surface area contributed by atoms with E-state index in [0.717, 1.165) is 32.0 Å². The second kappa shape index (κ2) is 6.95. The van der Waals surface area contributed by atoms with Crippen LogP contribution in [0.2, 0.25) is 0 Å². The van der Waals surface area contributed by atoms with Crippen LogP contribution in [0.25, 0.3) is 17.2 Å². The number of hydrogen-bond donors (Lipinski definition) is 0. The van der Waals surface area contributed by atoms with Crippen LogP contribution in [0.15, 0.2) is 35.1 Å². The van der Waals surface area contributed by atoms with Gasteiger partial charge in [0.2, 0.25) is 0 Å². The van der Waals surface area contributed by atoms with Crippen LogP contribution in [0, 0.1) is 17.6 Å². The molecule has 136 valence electrons. The molecule has 6 nitrogen and oxygen atoms in total. The van der Waals surface area contributed by atoms with Gasteiger partial charge in [-0.3, -0.25) is 0 Å². The highest BCUT2D eigenvalue weighted by Crippen LogP contribution is 2.25. The van der Waals surface area contributed by atoms with Gasteiger partial charge in [0.05, 0.1) is 0 Å². The summed E-state index contributed by atoms with van der Waals surface area (Å²) < 4.78 is 33.8. The van der Waals surface area contributed by atoms with Crippen LogP contribution in [-0.2, 0) is 6.42 Å². The van der Waals surface area contributed by atoms with Crippen LogP contribution in [-0.4, -0.2) is 45.0 Å². The summed E-state index contributed by atoms with van der Waals surface area (Å²) in [6.45, 7) is 2.10. The minimum Gasteiger partial charge on any atom is -0.364 e. The highest BCUT2D eigenvalue weighted by atomic mass is 19.1. The van der Waals surface area contributed by atoms with Gasteiger partial charge in [0.1, 0.15) is 17.8 Å². The van der Waals surface area contributed by atoms with Crippen molar-refractivity contribution in [2.45, 2.75) is 19.3 Å². The summed E-state index contributed by atoms with van der Waals surface area (Å²) in [5.41, 5.74) is 0.586. The van der Waals surface area contributed by atoms with E-state index < -0.39 is 11.6 Å². The van der Waals surface area contributed by atoms with Crippen molar-refractivity contribution < 1.29 is 13.3 Å². The maximum Gasteiger partial charge on any atom is 0.185 e. The monoisotopic (exact) mass is 359 g/mol. The van der Waals surface area contributed by atoms with E-state index in [4.69, 9.17) is 4.52 Å². The largest absolute Gasteiger partial charge is 0.364 e. The number of rotatable bonds is 4.